The maximum Gasteiger partial charge on any atom is 0.0547 e. The van der Waals surface area contributed by atoms with Gasteiger partial charge in [-0.2, -0.15) is 0 Å². The van der Waals surface area contributed by atoms with Crippen LogP contribution in [-0.4, -0.2) is 44.3 Å². The van der Waals surface area contributed by atoms with Crippen LogP contribution in [0.1, 0.15) is 38.5 Å². The molecule has 0 aromatic rings. The predicted molar refractivity (Wildman–Crippen MR) is 73.4 cm³/mol. The molecule has 3 rings (SSSR count). The highest BCUT2D eigenvalue weighted by Crippen LogP contribution is 2.37. The number of piperidine rings is 1. The van der Waals surface area contributed by atoms with Gasteiger partial charge in [-0.1, -0.05) is 19.3 Å². The number of ether oxygens (including phenoxy) is 1. The Morgan fingerprint density at radius 3 is 2.72 bits per heavy atom. The lowest BCUT2D eigenvalue weighted by Gasteiger charge is -2.44. The highest BCUT2D eigenvalue weighted by molar-refractivity contribution is 4.91. The number of hydrogen-bond donors (Lipinski definition) is 1. The molecule has 0 radical (unpaired) electrons. The first-order valence-corrected chi connectivity index (χ1v) is 7.81. The number of rotatable bonds is 3. The van der Waals surface area contributed by atoms with Crippen molar-refractivity contribution in [1.82, 2.24) is 4.90 Å². The Labute approximate surface area is 111 Å². The lowest BCUT2D eigenvalue weighted by Crippen LogP contribution is -2.49. The molecule has 1 aliphatic carbocycles. The smallest absolute Gasteiger partial charge is 0.0547 e. The quantitative estimate of drug-likeness (QED) is 0.833. The van der Waals surface area contributed by atoms with Crippen LogP contribution in [0.4, 0.5) is 0 Å². The average molecular weight is 252 g/mol. The molecule has 0 amide bonds. The molecular formula is C15H28N2O. The molecule has 3 nitrogen and oxygen atoms in total. The second-order valence-corrected chi connectivity index (χ2v) is 6.84. The largest absolute Gasteiger partial charge is 0.381 e. The van der Waals surface area contributed by atoms with Crippen LogP contribution in [0.5, 0.6) is 0 Å². The molecule has 2 N–H and O–H groups in total. The van der Waals surface area contributed by atoms with E-state index in [-0.39, 0.29) is 5.41 Å². The summed E-state index contributed by atoms with van der Waals surface area (Å²) in [6, 6.07) is 0. The van der Waals surface area contributed by atoms with Crippen LogP contribution in [-0.2, 0) is 4.74 Å². The zero-order valence-electron chi connectivity index (χ0n) is 11.6. The number of nitrogens with zero attached hydrogens (tertiary/aromatic N) is 1. The summed E-state index contributed by atoms with van der Waals surface area (Å²) in [5, 5.41) is 0. The Bertz CT molecular complexity index is 276. The van der Waals surface area contributed by atoms with Crippen molar-refractivity contribution >= 4 is 0 Å². The van der Waals surface area contributed by atoms with Crippen molar-refractivity contribution in [3.63, 3.8) is 0 Å². The lowest BCUT2D eigenvalue weighted by molar-refractivity contribution is 0.0476. The van der Waals surface area contributed by atoms with Gasteiger partial charge in [-0.15, -0.1) is 0 Å². The van der Waals surface area contributed by atoms with Gasteiger partial charge in [0.25, 0.3) is 0 Å². The second-order valence-electron chi connectivity index (χ2n) is 6.84. The maximum absolute atomic E-state index is 6.01. The van der Waals surface area contributed by atoms with Crippen molar-refractivity contribution in [2.24, 2.45) is 23.0 Å². The first-order chi connectivity index (χ1) is 8.81. The molecule has 0 aromatic carbocycles. The van der Waals surface area contributed by atoms with Crippen molar-refractivity contribution in [3.8, 4) is 0 Å². The molecule has 104 valence electrons. The summed E-state index contributed by atoms with van der Waals surface area (Å²) < 4.78 is 5.59. The van der Waals surface area contributed by atoms with Crippen LogP contribution in [0.25, 0.3) is 0 Å². The van der Waals surface area contributed by atoms with E-state index in [1.165, 1.54) is 51.7 Å². The van der Waals surface area contributed by atoms with Crippen molar-refractivity contribution < 1.29 is 4.74 Å². The number of hydrogen-bond acceptors (Lipinski definition) is 3. The molecule has 3 heteroatoms. The van der Waals surface area contributed by atoms with Crippen molar-refractivity contribution in [2.75, 3.05) is 39.4 Å². The fourth-order valence-corrected chi connectivity index (χ4v) is 4.29. The van der Waals surface area contributed by atoms with E-state index in [0.717, 1.165) is 38.0 Å². The molecule has 2 saturated heterocycles. The number of likely N-dealkylation sites (tertiary alicyclic amines) is 1. The summed E-state index contributed by atoms with van der Waals surface area (Å²) in [4.78, 5) is 2.69. The second kappa shape index (κ2) is 5.48. The van der Waals surface area contributed by atoms with Crippen LogP contribution in [0.15, 0.2) is 0 Å². The molecule has 1 saturated carbocycles. The summed E-state index contributed by atoms with van der Waals surface area (Å²) in [6.07, 6.45) is 8.47. The van der Waals surface area contributed by atoms with E-state index in [2.05, 4.69) is 4.90 Å². The third kappa shape index (κ3) is 2.59. The van der Waals surface area contributed by atoms with Gasteiger partial charge in [0.05, 0.1) is 6.61 Å². The molecule has 2 aliphatic heterocycles. The number of nitrogens with two attached hydrogens (primary N) is 1. The van der Waals surface area contributed by atoms with E-state index >= 15 is 0 Å². The maximum atomic E-state index is 6.01. The molecule has 2 heterocycles. The van der Waals surface area contributed by atoms with E-state index in [0.29, 0.717) is 0 Å². The lowest BCUT2D eigenvalue weighted by atomic mass is 9.74. The molecule has 3 atom stereocenters. The molecule has 0 bridgehead atoms. The predicted octanol–water partition coefficient (Wildman–Crippen LogP) is 1.86. The highest BCUT2D eigenvalue weighted by Gasteiger charge is 2.38. The monoisotopic (exact) mass is 252 g/mol. The Balaban J connectivity index is 1.57. The minimum absolute atomic E-state index is 0.265. The Morgan fingerprint density at radius 2 is 2.00 bits per heavy atom. The summed E-state index contributed by atoms with van der Waals surface area (Å²) >= 11 is 0. The fraction of sp³-hybridized carbons (Fsp3) is 1.00. The summed E-state index contributed by atoms with van der Waals surface area (Å²) in [7, 11) is 0. The van der Waals surface area contributed by atoms with Gasteiger partial charge >= 0.3 is 0 Å². The van der Waals surface area contributed by atoms with E-state index in [1.807, 2.05) is 0 Å². The van der Waals surface area contributed by atoms with E-state index < -0.39 is 0 Å². The zero-order chi connectivity index (χ0) is 12.4. The van der Waals surface area contributed by atoms with Crippen molar-refractivity contribution in [1.29, 1.82) is 0 Å². The number of fused-ring (bicyclic) bond motifs is 1. The molecule has 18 heavy (non-hydrogen) atoms. The zero-order valence-corrected chi connectivity index (χ0v) is 11.6. The molecule has 3 aliphatic rings. The fourth-order valence-electron chi connectivity index (χ4n) is 4.29. The first-order valence-electron chi connectivity index (χ1n) is 7.81. The van der Waals surface area contributed by atoms with Gasteiger partial charge in [-0.05, 0) is 37.6 Å². The van der Waals surface area contributed by atoms with Crippen molar-refractivity contribution in [3.05, 3.63) is 0 Å². The topological polar surface area (TPSA) is 38.5 Å². The molecular weight excluding hydrogens is 224 g/mol. The molecule has 0 spiro atoms. The van der Waals surface area contributed by atoms with Gasteiger partial charge in [0.2, 0.25) is 0 Å². The van der Waals surface area contributed by atoms with E-state index in [9.17, 15) is 0 Å². The summed E-state index contributed by atoms with van der Waals surface area (Å²) in [6.45, 7) is 6.38. The van der Waals surface area contributed by atoms with Gasteiger partial charge in [0.1, 0.15) is 0 Å². The molecule has 3 fully saturated rings. The third-order valence-electron chi connectivity index (χ3n) is 5.55. The minimum Gasteiger partial charge on any atom is -0.381 e. The Kier molecular flexibility index (Phi) is 3.92. The van der Waals surface area contributed by atoms with Gasteiger partial charge in [-0.3, -0.25) is 0 Å². The van der Waals surface area contributed by atoms with Crippen LogP contribution < -0.4 is 5.73 Å². The van der Waals surface area contributed by atoms with Crippen LogP contribution in [0, 0.1) is 17.3 Å². The van der Waals surface area contributed by atoms with Gasteiger partial charge in [0.15, 0.2) is 0 Å². The van der Waals surface area contributed by atoms with E-state index in [4.69, 9.17) is 10.5 Å². The molecule has 3 unspecified atom stereocenters. The normalized spacial score (nSPS) is 41.8. The van der Waals surface area contributed by atoms with Gasteiger partial charge < -0.3 is 15.4 Å². The van der Waals surface area contributed by atoms with Gasteiger partial charge in [-0.25, -0.2) is 0 Å². The van der Waals surface area contributed by atoms with Crippen LogP contribution >= 0.6 is 0 Å². The molecule has 0 aromatic heterocycles. The Hall–Kier alpha value is -0.120. The first kappa shape index (κ1) is 12.9. The van der Waals surface area contributed by atoms with Crippen LogP contribution in [0.3, 0.4) is 0 Å². The van der Waals surface area contributed by atoms with Crippen LogP contribution in [0.2, 0.25) is 0 Å². The highest BCUT2D eigenvalue weighted by atomic mass is 16.5. The summed E-state index contributed by atoms with van der Waals surface area (Å²) in [5.41, 5.74) is 6.28. The third-order valence-corrected chi connectivity index (χ3v) is 5.55. The van der Waals surface area contributed by atoms with Crippen molar-refractivity contribution in [2.45, 2.75) is 38.5 Å². The standard InChI is InChI=1S/C15H28N2O/c16-10-15(6-8-18-12-15)11-17-7-5-13-3-1-2-4-14(13)9-17/h13-14H,1-12,16H2. The van der Waals surface area contributed by atoms with E-state index in [1.54, 1.807) is 0 Å². The summed E-state index contributed by atoms with van der Waals surface area (Å²) in [5.74, 6) is 2.01. The Morgan fingerprint density at radius 1 is 1.17 bits per heavy atom. The minimum atomic E-state index is 0.265. The average Bonchev–Trinajstić information content (AvgIpc) is 2.88. The van der Waals surface area contributed by atoms with Gasteiger partial charge in [0, 0.05) is 31.7 Å². The SMILES string of the molecule is NCC1(CN2CCC3CCCCC3C2)CCOC1.